The average Bonchev–Trinajstić information content (AvgIpc) is 2.84. The molecule has 38 heavy (non-hydrogen) atoms. The number of halogens is 10. The van der Waals surface area contributed by atoms with Gasteiger partial charge in [0.1, 0.15) is 11.7 Å². The lowest BCUT2D eigenvalue weighted by atomic mass is 9.95. The molecule has 0 aliphatic carbocycles. The number of benzene rings is 2. The molecule has 0 aliphatic rings. The molecule has 0 saturated heterocycles. The van der Waals surface area contributed by atoms with E-state index < -0.39 is 52.3 Å². The highest BCUT2D eigenvalue weighted by atomic mass is 35.5. The molecule has 1 atom stereocenters. The number of hydrogen-bond donors (Lipinski definition) is 1. The summed E-state index contributed by atoms with van der Waals surface area (Å²) in [6, 6.07) is 4.72. The molecule has 0 spiro atoms. The van der Waals surface area contributed by atoms with E-state index in [0.29, 0.717) is 6.07 Å². The quantitative estimate of drug-likeness (QED) is 0.177. The minimum Gasteiger partial charge on any atom is -0.267 e. The fourth-order valence-electron chi connectivity index (χ4n) is 3.23. The van der Waals surface area contributed by atoms with Crippen LogP contribution in [0.1, 0.15) is 33.0 Å². The first-order valence-corrected chi connectivity index (χ1v) is 11.3. The minimum atomic E-state index is -5.16. The second-order valence-corrected chi connectivity index (χ2v) is 8.83. The van der Waals surface area contributed by atoms with Gasteiger partial charge < -0.3 is 0 Å². The lowest BCUT2D eigenvalue weighted by Crippen LogP contribution is -2.41. The third-order valence-corrected chi connectivity index (χ3v) is 6.19. The van der Waals surface area contributed by atoms with Crippen molar-refractivity contribution in [1.82, 2.24) is 15.4 Å². The van der Waals surface area contributed by atoms with Crippen molar-refractivity contribution in [3.8, 4) is 0 Å². The van der Waals surface area contributed by atoms with Crippen LogP contribution >= 0.6 is 34.8 Å². The number of carbonyl (C=O) groups is 1. The van der Waals surface area contributed by atoms with Crippen LogP contribution in [0.5, 0.6) is 0 Å². The second-order valence-electron chi connectivity index (χ2n) is 7.64. The standard InChI is InChI=1S/C23H14Cl3F7N4O/c1-37(21-34-5-2-6-35-21)36-20(38)13-4-3-11(7-15(13)23(31,32)33)18(27)10-14(22(28,29)30)12-8-16(24)19(26)17(25)9-12/h2-10,14H,1H3,(H,36,38)/b18-10-. The molecule has 202 valence electrons. The molecule has 0 aliphatic heterocycles. The SMILES string of the molecule is CN(NC(=O)c1ccc(/C(F)=C/C(c2cc(Cl)c(Cl)c(Cl)c2)C(F)(F)F)cc1C(F)(F)F)c1ncccn1. The van der Waals surface area contributed by atoms with Gasteiger partial charge in [0.2, 0.25) is 5.95 Å². The molecule has 2 aromatic carbocycles. The maximum Gasteiger partial charge on any atom is 0.417 e. The Morgan fingerprint density at radius 2 is 1.58 bits per heavy atom. The third kappa shape index (κ3) is 6.86. The topological polar surface area (TPSA) is 58.1 Å². The number of rotatable bonds is 6. The zero-order valence-electron chi connectivity index (χ0n) is 18.8. The number of aromatic nitrogens is 2. The van der Waals surface area contributed by atoms with E-state index in [2.05, 4.69) is 15.4 Å². The number of carbonyl (C=O) groups excluding carboxylic acids is 1. The minimum absolute atomic E-state index is 0.0411. The summed E-state index contributed by atoms with van der Waals surface area (Å²) in [6.45, 7) is 0. The molecule has 1 N–H and O–H groups in total. The van der Waals surface area contributed by atoms with Gasteiger partial charge in [-0.25, -0.2) is 14.4 Å². The smallest absolute Gasteiger partial charge is 0.267 e. The molecule has 1 amide bonds. The summed E-state index contributed by atoms with van der Waals surface area (Å²) < 4.78 is 97.6. The fraction of sp³-hybridized carbons (Fsp3) is 0.174. The first-order chi connectivity index (χ1) is 17.6. The summed E-state index contributed by atoms with van der Waals surface area (Å²) in [5, 5.41) is 0.0546. The third-order valence-electron chi connectivity index (χ3n) is 5.00. The molecule has 1 aromatic heterocycles. The van der Waals surface area contributed by atoms with E-state index in [4.69, 9.17) is 34.8 Å². The number of hydrogen-bond acceptors (Lipinski definition) is 4. The largest absolute Gasteiger partial charge is 0.417 e. The van der Waals surface area contributed by atoms with Crippen molar-refractivity contribution < 1.29 is 35.5 Å². The Morgan fingerprint density at radius 3 is 2.11 bits per heavy atom. The van der Waals surface area contributed by atoms with Gasteiger partial charge in [0, 0.05) is 25.0 Å². The van der Waals surface area contributed by atoms with E-state index in [1.54, 1.807) is 0 Å². The highest BCUT2D eigenvalue weighted by Crippen LogP contribution is 2.42. The predicted octanol–water partition coefficient (Wildman–Crippen LogP) is 7.89. The number of allylic oxidation sites excluding steroid dienone is 1. The molecule has 15 heteroatoms. The monoisotopic (exact) mass is 600 g/mol. The van der Waals surface area contributed by atoms with E-state index in [-0.39, 0.29) is 33.2 Å². The average molecular weight is 602 g/mol. The Morgan fingerprint density at radius 1 is 1.00 bits per heavy atom. The van der Waals surface area contributed by atoms with Crippen molar-refractivity contribution in [2.24, 2.45) is 0 Å². The van der Waals surface area contributed by atoms with Crippen molar-refractivity contribution in [3.05, 3.63) is 92.2 Å². The Labute approximate surface area is 225 Å². The Bertz CT molecular complexity index is 1340. The van der Waals surface area contributed by atoms with E-state index in [9.17, 15) is 35.5 Å². The number of alkyl halides is 6. The molecular formula is C23H14Cl3F7N4O. The number of hydrazine groups is 1. The zero-order valence-corrected chi connectivity index (χ0v) is 21.1. The Balaban J connectivity index is 2.01. The predicted molar refractivity (Wildman–Crippen MR) is 129 cm³/mol. The van der Waals surface area contributed by atoms with Gasteiger partial charge in [-0.2, -0.15) is 26.3 Å². The van der Waals surface area contributed by atoms with Crippen LogP contribution in [-0.4, -0.2) is 29.1 Å². The summed E-state index contributed by atoms with van der Waals surface area (Å²) in [4.78, 5) is 20.2. The highest BCUT2D eigenvalue weighted by molar-refractivity contribution is 6.48. The maximum atomic E-state index is 15.0. The molecule has 0 radical (unpaired) electrons. The summed E-state index contributed by atoms with van der Waals surface area (Å²) in [5.74, 6) is -5.56. The molecule has 1 unspecified atom stereocenters. The van der Waals surface area contributed by atoms with E-state index in [0.717, 1.165) is 23.2 Å². The number of anilines is 1. The van der Waals surface area contributed by atoms with Gasteiger partial charge in [0.15, 0.2) is 0 Å². The molecule has 1 heterocycles. The first kappa shape index (κ1) is 29.5. The molecule has 0 saturated carbocycles. The first-order valence-electron chi connectivity index (χ1n) is 10.2. The van der Waals surface area contributed by atoms with Crippen molar-refractivity contribution in [2.45, 2.75) is 18.3 Å². The number of nitrogens with one attached hydrogen (secondary N) is 1. The summed E-state index contributed by atoms with van der Waals surface area (Å²) in [6.07, 6.45) is -7.50. The molecule has 5 nitrogen and oxygen atoms in total. The lowest BCUT2D eigenvalue weighted by molar-refractivity contribution is -0.140. The molecule has 0 fully saturated rings. The van der Waals surface area contributed by atoms with Crippen LogP contribution < -0.4 is 10.4 Å². The zero-order chi connectivity index (χ0) is 28.4. The van der Waals surface area contributed by atoms with Crippen LogP contribution in [0.3, 0.4) is 0 Å². The van der Waals surface area contributed by atoms with Crippen LogP contribution in [0, 0.1) is 0 Å². The molecule has 3 aromatic rings. The second kappa shape index (κ2) is 11.3. The van der Waals surface area contributed by atoms with Crippen molar-refractivity contribution in [3.63, 3.8) is 0 Å². The van der Waals surface area contributed by atoms with Crippen molar-refractivity contribution >= 4 is 52.5 Å². The summed E-state index contributed by atoms with van der Waals surface area (Å²) in [7, 11) is 1.27. The van der Waals surface area contributed by atoms with Crippen LogP contribution in [0.15, 0.2) is 54.9 Å². The van der Waals surface area contributed by atoms with Gasteiger partial charge in [-0.15, -0.1) is 0 Å². The number of nitrogens with zero attached hydrogens (tertiary/aromatic N) is 3. The summed E-state index contributed by atoms with van der Waals surface area (Å²) >= 11 is 17.3. The fourth-order valence-corrected chi connectivity index (χ4v) is 3.84. The Hall–Kier alpha value is -3.09. The van der Waals surface area contributed by atoms with Crippen LogP contribution in [0.2, 0.25) is 15.1 Å². The Kier molecular flexibility index (Phi) is 8.79. The highest BCUT2D eigenvalue weighted by Gasteiger charge is 2.41. The van der Waals surface area contributed by atoms with E-state index in [1.807, 2.05) is 0 Å². The lowest BCUT2D eigenvalue weighted by Gasteiger charge is -2.20. The summed E-state index contributed by atoms with van der Waals surface area (Å²) in [5.41, 5.74) is -1.81. The van der Waals surface area contributed by atoms with E-state index >= 15 is 0 Å². The van der Waals surface area contributed by atoms with Gasteiger partial charge in [-0.1, -0.05) is 40.9 Å². The number of amides is 1. The normalized spacial score (nSPS) is 13.3. The van der Waals surface area contributed by atoms with Crippen LogP contribution in [0.4, 0.5) is 36.7 Å². The van der Waals surface area contributed by atoms with Gasteiger partial charge in [-0.05, 0) is 42.0 Å². The van der Waals surface area contributed by atoms with Gasteiger partial charge in [-0.3, -0.25) is 15.2 Å². The maximum absolute atomic E-state index is 15.0. The van der Waals surface area contributed by atoms with Crippen molar-refractivity contribution in [1.29, 1.82) is 0 Å². The van der Waals surface area contributed by atoms with Gasteiger partial charge in [0.05, 0.1) is 26.2 Å². The van der Waals surface area contributed by atoms with Crippen LogP contribution in [0.25, 0.3) is 5.83 Å². The molecule has 3 rings (SSSR count). The van der Waals surface area contributed by atoms with Crippen LogP contribution in [-0.2, 0) is 6.18 Å². The molecule has 0 bridgehead atoms. The van der Waals surface area contributed by atoms with E-state index in [1.165, 1.54) is 25.5 Å². The van der Waals surface area contributed by atoms with Gasteiger partial charge >= 0.3 is 12.4 Å². The molecular weight excluding hydrogens is 588 g/mol. The van der Waals surface area contributed by atoms with Gasteiger partial charge in [0.25, 0.3) is 5.91 Å². The van der Waals surface area contributed by atoms with Crippen molar-refractivity contribution in [2.75, 3.05) is 12.1 Å².